The first kappa shape index (κ1) is 14.3. The van der Waals surface area contributed by atoms with E-state index in [1.165, 1.54) is 12.0 Å². The van der Waals surface area contributed by atoms with Crippen LogP contribution in [0.15, 0.2) is 21.1 Å². The molecule has 0 bridgehead atoms. The molecule has 1 atom stereocenters. The van der Waals surface area contributed by atoms with Crippen molar-refractivity contribution in [2.45, 2.75) is 6.42 Å². The van der Waals surface area contributed by atoms with E-state index in [1.54, 1.807) is 12.1 Å². The first-order valence-electron chi connectivity index (χ1n) is 5.50. The van der Waals surface area contributed by atoms with Crippen molar-refractivity contribution >= 4 is 49.4 Å². The number of aromatic hydroxyl groups is 1. The molecule has 102 valence electrons. The highest BCUT2D eigenvalue weighted by Gasteiger charge is 2.36. The Bertz CT molecular complexity index is 524. The predicted octanol–water partition coefficient (Wildman–Crippen LogP) is 2.44. The number of esters is 1. The maximum Gasteiger partial charge on any atom is 0.311 e. The standard InChI is InChI=1S/C12H11Br2NO4/c1-19-12(18)6-2-10(16)15(5-6)7-3-8(13)11(17)9(14)4-7/h3-4,6,17H,2,5H2,1H3/t6-/m0/s1. The van der Waals surface area contributed by atoms with Crippen molar-refractivity contribution < 1.29 is 19.4 Å². The van der Waals surface area contributed by atoms with Crippen LogP contribution >= 0.6 is 31.9 Å². The topological polar surface area (TPSA) is 66.8 Å². The Morgan fingerprint density at radius 2 is 2.00 bits per heavy atom. The molecule has 1 aromatic rings. The molecule has 1 aliphatic heterocycles. The highest BCUT2D eigenvalue weighted by atomic mass is 79.9. The maximum atomic E-state index is 11.9. The third-order valence-electron chi connectivity index (χ3n) is 2.97. The number of halogens is 2. The normalized spacial score (nSPS) is 18.8. The lowest BCUT2D eigenvalue weighted by Gasteiger charge is -2.17. The van der Waals surface area contributed by atoms with Gasteiger partial charge in [0.25, 0.3) is 0 Å². The number of carbonyl (C=O) groups excluding carboxylic acids is 2. The van der Waals surface area contributed by atoms with Gasteiger partial charge in [-0.15, -0.1) is 0 Å². The quantitative estimate of drug-likeness (QED) is 0.785. The SMILES string of the molecule is COC(=O)[C@H]1CC(=O)N(c2cc(Br)c(O)c(Br)c2)C1. The zero-order chi connectivity index (χ0) is 14.2. The molecular formula is C12H11Br2NO4. The number of methoxy groups -OCH3 is 1. The number of carbonyl (C=O) groups is 2. The number of phenolic OH excluding ortho intramolecular Hbond substituents is 1. The molecule has 1 N–H and O–H groups in total. The number of benzene rings is 1. The van der Waals surface area contributed by atoms with E-state index in [4.69, 9.17) is 0 Å². The van der Waals surface area contributed by atoms with E-state index < -0.39 is 5.92 Å². The Morgan fingerprint density at radius 3 is 2.53 bits per heavy atom. The molecule has 0 unspecified atom stereocenters. The fourth-order valence-corrected chi connectivity index (χ4v) is 3.15. The number of amides is 1. The molecule has 1 saturated heterocycles. The van der Waals surface area contributed by atoms with E-state index in [0.717, 1.165) is 0 Å². The van der Waals surface area contributed by atoms with Crippen LogP contribution in [0.4, 0.5) is 5.69 Å². The summed E-state index contributed by atoms with van der Waals surface area (Å²) in [7, 11) is 1.31. The second kappa shape index (κ2) is 5.50. The summed E-state index contributed by atoms with van der Waals surface area (Å²) in [6.45, 7) is 0.287. The summed E-state index contributed by atoms with van der Waals surface area (Å²) in [5.41, 5.74) is 0.618. The number of phenols is 1. The molecule has 7 heteroatoms. The van der Waals surface area contributed by atoms with Crippen molar-refractivity contribution in [2.24, 2.45) is 5.92 Å². The molecular weight excluding hydrogens is 382 g/mol. The summed E-state index contributed by atoms with van der Waals surface area (Å²) in [5.74, 6) is -0.892. The van der Waals surface area contributed by atoms with Crippen molar-refractivity contribution in [2.75, 3.05) is 18.6 Å². The fraction of sp³-hybridized carbons (Fsp3) is 0.333. The summed E-state index contributed by atoms with van der Waals surface area (Å²) < 4.78 is 5.61. The Morgan fingerprint density at radius 1 is 1.42 bits per heavy atom. The zero-order valence-corrected chi connectivity index (χ0v) is 13.2. The van der Waals surface area contributed by atoms with Crippen LogP contribution in [0, 0.1) is 5.92 Å². The zero-order valence-electron chi connectivity index (χ0n) is 10.0. The average Bonchev–Trinajstić information content (AvgIpc) is 2.76. The molecule has 0 aromatic heterocycles. The second-order valence-electron chi connectivity index (χ2n) is 4.19. The fourth-order valence-electron chi connectivity index (χ4n) is 1.99. The van der Waals surface area contributed by atoms with Gasteiger partial charge in [-0.1, -0.05) is 0 Å². The van der Waals surface area contributed by atoms with Crippen molar-refractivity contribution in [1.29, 1.82) is 0 Å². The summed E-state index contributed by atoms with van der Waals surface area (Å²) >= 11 is 6.42. The van der Waals surface area contributed by atoms with E-state index in [2.05, 4.69) is 36.6 Å². The Hall–Kier alpha value is -1.08. The van der Waals surface area contributed by atoms with Crippen molar-refractivity contribution in [3.8, 4) is 5.75 Å². The van der Waals surface area contributed by atoms with Crippen LogP contribution in [0.25, 0.3) is 0 Å². The lowest BCUT2D eigenvalue weighted by atomic mass is 10.1. The third-order valence-corrected chi connectivity index (χ3v) is 4.18. The summed E-state index contributed by atoms with van der Waals surface area (Å²) in [5, 5.41) is 9.65. The third kappa shape index (κ3) is 2.76. The molecule has 0 radical (unpaired) electrons. The van der Waals surface area contributed by atoms with E-state index in [0.29, 0.717) is 14.6 Å². The van der Waals surface area contributed by atoms with Gasteiger partial charge in [-0.3, -0.25) is 9.59 Å². The Balaban J connectivity index is 2.28. The first-order chi connectivity index (χ1) is 8.93. The van der Waals surface area contributed by atoms with Crippen LogP contribution in [0.3, 0.4) is 0 Å². The van der Waals surface area contributed by atoms with Crippen LogP contribution in [-0.2, 0) is 14.3 Å². The molecule has 19 heavy (non-hydrogen) atoms. The van der Waals surface area contributed by atoms with Crippen LogP contribution < -0.4 is 4.90 Å². The number of hydrogen-bond acceptors (Lipinski definition) is 4. The minimum Gasteiger partial charge on any atom is -0.506 e. The minimum atomic E-state index is -0.441. The highest BCUT2D eigenvalue weighted by Crippen LogP contribution is 2.38. The van der Waals surface area contributed by atoms with E-state index in [1.807, 2.05) is 0 Å². The number of hydrogen-bond donors (Lipinski definition) is 1. The molecule has 5 nitrogen and oxygen atoms in total. The largest absolute Gasteiger partial charge is 0.506 e. The van der Waals surface area contributed by atoms with Gasteiger partial charge in [-0.2, -0.15) is 0 Å². The monoisotopic (exact) mass is 391 g/mol. The minimum absolute atomic E-state index is 0.0694. The molecule has 1 aliphatic rings. The van der Waals surface area contributed by atoms with Crippen LogP contribution in [-0.4, -0.2) is 30.6 Å². The van der Waals surface area contributed by atoms with E-state index in [9.17, 15) is 14.7 Å². The van der Waals surface area contributed by atoms with Gasteiger partial charge in [-0.25, -0.2) is 0 Å². The van der Waals surface area contributed by atoms with Gasteiger partial charge in [-0.05, 0) is 44.0 Å². The highest BCUT2D eigenvalue weighted by molar-refractivity contribution is 9.11. The van der Waals surface area contributed by atoms with Crippen LogP contribution in [0.2, 0.25) is 0 Å². The van der Waals surface area contributed by atoms with Crippen molar-refractivity contribution in [3.63, 3.8) is 0 Å². The van der Waals surface area contributed by atoms with Crippen molar-refractivity contribution in [1.82, 2.24) is 0 Å². The maximum absolute atomic E-state index is 11.9. The van der Waals surface area contributed by atoms with Gasteiger partial charge >= 0.3 is 5.97 Å². The second-order valence-corrected chi connectivity index (χ2v) is 5.90. The number of nitrogens with zero attached hydrogens (tertiary/aromatic N) is 1. The molecule has 0 aliphatic carbocycles. The number of rotatable bonds is 2. The molecule has 0 saturated carbocycles. The summed E-state index contributed by atoms with van der Waals surface area (Å²) in [6, 6.07) is 3.27. The Labute approximate surface area is 126 Å². The van der Waals surface area contributed by atoms with Crippen molar-refractivity contribution in [3.05, 3.63) is 21.1 Å². The molecule has 1 fully saturated rings. The molecule has 1 aromatic carbocycles. The molecule has 1 amide bonds. The lowest BCUT2D eigenvalue weighted by molar-refractivity contribution is -0.145. The van der Waals surface area contributed by atoms with Crippen LogP contribution in [0.5, 0.6) is 5.75 Å². The average molecular weight is 393 g/mol. The molecule has 1 heterocycles. The molecule has 0 spiro atoms. The first-order valence-corrected chi connectivity index (χ1v) is 7.09. The lowest BCUT2D eigenvalue weighted by Crippen LogP contribution is -2.26. The summed E-state index contributed by atoms with van der Waals surface area (Å²) in [6.07, 6.45) is 0.142. The van der Waals surface area contributed by atoms with Gasteiger partial charge in [0.15, 0.2) is 0 Å². The van der Waals surface area contributed by atoms with E-state index in [-0.39, 0.29) is 30.6 Å². The Kier molecular flexibility index (Phi) is 4.15. The summed E-state index contributed by atoms with van der Waals surface area (Å²) in [4.78, 5) is 24.9. The number of anilines is 1. The van der Waals surface area contributed by atoms with Gasteiger partial charge < -0.3 is 14.7 Å². The predicted molar refractivity (Wildman–Crippen MR) is 76.0 cm³/mol. The molecule has 2 rings (SSSR count). The van der Waals surface area contributed by atoms with Gasteiger partial charge in [0, 0.05) is 18.7 Å². The van der Waals surface area contributed by atoms with Crippen LogP contribution in [0.1, 0.15) is 6.42 Å². The smallest absolute Gasteiger partial charge is 0.311 e. The van der Waals surface area contributed by atoms with Gasteiger partial charge in [0.1, 0.15) is 5.75 Å². The van der Waals surface area contributed by atoms with Gasteiger partial charge in [0.2, 0.25) is 5.91 Å². The van der Waals surface area contributed by atoms with Gasteiger partial charge in [0.05, 0.1) is 22.0 Å². The number of ether oxygens (including phenoxy) is 1. The van der Waals surface area contributed by atoms with E-state index >= 15 is 0 Å².